The van der Waals surface area contributed by atoms with Gasteiger partial charge >= 0.3 is 0 Å². The molecule has 0 saturated carbocycles. The van der Waals surface area contributed by atoms with Gasteiger partial charge in [-0.2, -0.15) is 0 Å². The van der Waals surface area contributed by atoms with Crippen LogP contribution >= 0.6 is 11.3 Å². The van der Waals surface area contributed by atoms with Crippen LogP contribution in [0, 0.1) is 5.92 Å². The van der Waals surface area contributed by atoms with Crippen LogP contribution in [0.2, 0.25) is 0 Å². The number of hydrogen-bond acceptors (Lipinski definition) is 3. The second kappa shape index (κ2) is 6.69. The van der Waals surface area contributed by atoms with Gasteiger partial charge in [-0.05, 0) is 63.0 Å². The number of benzene rings is 1. The molecular formula is C20H25N3S. The molecule has 0 unspecified atom stereocenters. The number of aromatic nitrogens is 2. The Labute approximate surface area is 147 Å². The summed E-state index contributed by atoms with van der Waals surface area (Å²) in [6.07, 6.45) is 4.81. The van der Waals surface area contributed by atoms with Crippen molar-refractivity contribution in [1.29, 1.82) is 0 Å². The smallest absolute Gasteiger partial charge is 0.123 e. The van der Waals surface area contributed by atoms with Crippen LogP contribution in [0.25, 0.3) is 21.5 Å². The molecule has 0 bridgehead atoms. The molecule has 0 radical (unpaired) electrons. The van der Waals surface area contributed by atoms with Gasteiger partial charge in [0.25, 0.3) is 0 Å². The van der Waals surface area contributed by atoms with Crippen LogP contribution in [0.15, 0.2) is 35.8 Å². The molecule has 0 N–H and O–H groups in total. The summed E-state index contributed by atoms with van der Waals surface area (Å²) < 4.78 is 2.28. The molecule has 3 aromatic rings. The first-order chi connectivity index (χ1) is 11.7. The van der Waals surface area contributed by atoms with Crippen LogP contribution in [0.4, 0.5) is 0 Å². The van der Waals surface area contributed by atoms with E-state index in [2.05, 4.69) is 59.2 Å². The third kappa shape index (κ3) is 3.13. The Balaban J connectivity index is 1.52. The number of fused-ring (bicyclic) bond motifs is 1. The highest BCUT2D eigenvalue weighted by molar-refractivity contribution is 7.13. The van der Waals surface area contributed by atoms with Gasteiger partial charge in [-0.15, -0.1) is 11.3 Å². The van der Waals surface area contributed by atoms with Crippen molar-refractivity contribution in [1.82, 2.24) is 14.5 Å². The largest absolute Gasteiger partial charge is 0.348 e. The van der Waals surface area contributed by atoms with Crippen LogP contribution in [-0.4, -0.2) is 27.5 Å². The monoisotopic (exact) mass is 339 g/mol. The van der Waals surface area contributed by atoms with Crippen molar-refractivity contribution in [2.45, 2.75) is 39.8 Å². The van der Waals surface area contributed by atoms with Crippen molar-refractivity contribution in [2.24, 2.45) is 5.92 Å². The molecule has 0 atom stereocenters. The molecule has 1 aromatic carbocycles. The predicted molar refractivity (Wildman–Crippen MR) is 102 cm³/mol. The molecule has 126 valence electrons. The number of thiazole rings is 1. The Morgan fingerprint density at radius 3 is 2.83 bits per heavy atom. The highest BCUT2D eigenvalue weighted by atomic mass is 32.1. The lowest BCUT2D eigenvalue weighted by molar-refractivity contribution is 0.184. The first-order valence-corrected chi connectivity index (χ1v) is 9.87. The minimum atomic E-state index is 0.884. The third-order valence-corrected chi connectivity index (χ3v) is 6.11. The molecule has 0 amide bonds. The normalized spacial score (nSPS) is 16.9. The molecule has 1 aliphatic heterocycles. The maximum atomic E-state index is 4.90. The summed E-state index contributed by atoms with van der Waals surface area (Å²) in [4.78, 5) is 7.44. The summed E-state index contributed by atoms with van der Waals surface area (Å²) in [5.41, 5.74) is 3.76. The fourth-order valence-electron chi connectivity index (χ4n) is 3.57. The molecule has 2 aromatic heterocycles. The van der Waals surface area contributed by atoms with Crippen LogP contribution in [-0.2, 0) is 13.1 Å². The first-order valence-electron chi connectivity index (χ1n) is 8.99. The summed E-state index contributed by atoms with van der Waals surface area (Å²) >= 11 is 1.77. The van der Waals surface area contributed by atoms with Gasteiger partial charge in [0.1, 0.15) is 5.01 Å². The van der Waals surface area contributed by atoms with Gasteiger partial charge < -0.3 is 4.57 Å². The second-order valence-corrected chi connectivity index (χ2v) is 7.84. The first kappa shape index (κ1) is 15.9. The van der Waals surface area contributed by atoms with Gasteiger partial charge in [0.15, 0.2) is 0 Å². The molecule has 1 saturated heterocycles. The topological polar surface area (TPSA) is 21.1 Å². The Morgan fingerprint density at radius 2 is 2.04 bits per heavy atom. The fourth-order valence-corrected chi connectivity index (χ4v) is 4.38. The van der Waals surface area contributed by atoms with Crippen molar-refractivity contribution in [3.8, 4) is 10.6 Å². The van der Waals surface area contributed by atoms with Crippen molar-refractivity contribution in [3.63, 3.8) is 0 Å². The standard InChI is InChI=1S/C20H25N3S/c1-3-23-11-8-16-12-17(4-5-19(16)23)20-21-18(14-24-20)13-22-9-6-15(2)7-10-22/h4-5,8,11-12,14-15H,3,6-7,9-10,13H2,1-2H3. The number of hydrogen-bond donors (Lipinski definition) is 0. The van der Waals surface area contributed by atoms with Crippen LogP contribution in [0.5, 0.6) is 0 Å². The van der Waals surface area contributed by atoms with Gasteiger partial charge in [0.05, 0.1) is 5.69 Å². The second-order valence-electron chi connectivity index (χ2n) is 6.98. The molecule has 4 heteroatoms. The third-order valence-electron chi connectivity index (χ3n) is 5.17. The molecule has 4 rings (SSSR count). The summed E-state index contributed by atoms with van der Waals surface area (Å²) in [5.74, 6) is 0.884. The van der Waals surface area contributed by atoms with E-state index in [4.69, 9.17) is 4.98 Å². The van der Waals surface area contributed by atoms with Crippen molar-refractivity contribution in [3.05, 3.63) is 41.5 Å². The van der Waals surface area contributed by atoms with E-state index in [1.165, 1.54) is 48.1 Å². The van der Waals surface area contributed by atoms with Gasteiger partial charge in [-0.1, -0.05) is 6.92 Å². The molecule has 1 fully saturated rings. The molecule has 0 aliphatic carbocycles. The zero-order valence-corrected chi connectivity index (χ0v) is 15.4. The van der Waals surface area contributed by atoms with E-state index in [-0.39, 0.29) is 0 Å². The van der Waals surface area contributed by atoms with E-state index in [1.54, 1.807) is 11.3 Å². The number of aryl methyl sites for hydroxylation is 1. The van der Waals surface area contributed by atoms with E-state index < -0.39 is 0 Å². The zero-order valence-electron chi connectivity index (χ0n) is 14.5. The Morgan fingerprint density at radius 1 is 1.21 bits per heavy atom. The van der Waals surface area contributed by atoms with Crippen molar-refractivity contribution in [2.75, 3.05) is 13.1 Å². The maximum absolute atomic E-state index is 4.90. The number of nitrogens with zero attached hydrogens (tertiary/aromatic N) is 3. The number of rotatable bonds is 4. The summed E-state index contributed by atoms with van der Waals surface area (Å²) in [7, 11) is 0. The van der Waals surface area contributed by atoms with E-state index in [0.29, 0.717) is 0 Å². The molecule has 3 heterocycles. The van der Waals surface area contributed by atoms with E-state index >= 15 is 0 Å². The average molecular weight is 340 g/mol. The lowest BCUT2D eigenvalue weighted by Crippen LogP contribution is -2.32. The van der Waals surface area contributed by atoms with E-state index in [1.807, 2.05) is 0 Å². The van der Waals surface area contributed by atoms with Crippen LogP contribution in [0.3, 0.4) is 0 Å². The van der Waals surface area contributed by atoms with Crippen molar-refractivity contribution >= 4 is 22.2 Å². The number of piperidine rings is 1. The van der Waals surface area contributed by atoms with Gasteiger partial charge in [-0.25, -0.2) is 4.98 Å². The molecular weight excluding hydrogens is 314 g/mol. The fraction of sp³-hybridized carbons (Fsp3) is 0.450. The number of likely N-dealkylation sites (tertiary alicyclic amines) is 1. The lowest BCUT2D eigenvalue weighted by atomic mass is 9.99. The quantitative estimate of drug-likeness (QED) is 0.666. The SMILES string of the molecule is CCn1ccc2cc(-c3nc(CN4CCC(C)CC4)cs3)ccc21. The van der Waals surface area contributed by atoms with Crippen molar-refractivity contribution < 1.29 is 0 Å². The highest BCUT2D eigenvalue weighted by Gasteiger charge is 2.17. The van der Waals surface area contributed by atoms with E-state index in [9.17, 15) is 0 Å². The predicted octanol–water partition coefficient (Wildman–Crippen LogP) is 5.02. The molecule has 1 aliphatic rings. The minimum absolute atomic E-state index is 0.884. The van der Waals surface area contributed by atoms with Gasteiger partial charge in [0.2, 0.25) is 0 Å². The van der Waals surface area contributed by atoms with Crippen LogP contribution < -0.4 is 0 Å². The zero-order chi connectivity index (χ0) is 16.5. The molecule has 0 spiro atoms. The summed E-state index contributed by atoms with van der Waals surface area (Å²) in [6.45, 7) is 8.98. The van der Waals surface area contributed by atoms with Gasteiger partial charge in [-0.3, -0.25) is 4.90 Å². The maximum Gasteiger partial charge on any atom is 0.123 e. The Hall–Kier alpha value is -1.65. The Bertz CT molecular complexity index is 824. The molecule has 3 nitrogen and oxygen atoms in total. The van der Waals surface area contributed by atoms with Crippen LogP contribution in [0.1, 0.15) is 32.4 Å². The van der Waals surface area contributed by atoms with E-state index in [0.717, 1.165) is 24.0 Å². The van der Waals surface area contributed by atoms with Gasteiger partial charge in [0, 0.05) is 41.1 Å². The Kier molecular flexibility index (Phi) is 4.42. The molecule has 24 heavy (non-hydrogen) atoms. The summed E-state index contributed by atoms with van der Waals surface area (Å²) in [5, 5.41) is 4.67. The highest BCUT2D eigenvalue weighted by Crippen LogP contribution is 2.28. The lowest BCUT2D eigenvalue weighted by Gasteiger charge is -2.29. The summed E-state index contributed by atoms with van der Waals surface area (Å²) in [6, 6.07) is 8.90. The average Bonchev–Trinajstić information content (AvgIpc) is 3.23. The minimum Gasteiger partial charge on any atom is -0.348 e.